The molecule has 144 valence electrons. The van der Waals surface area contributed by atoms with Crippen LogP contribution in [0.15, 0.2) is 18.5 Å². The Hall–Kier alpha value is -1.31. The van der Waals surface area contributed by atoms with Crippen molar-refractivity contribution in [3.8, 4) is 0 Å². The van der Waals surface area contributed by atoms with Gasteiger partial charge in [-0.2, -0.15) is 5.10 Å². The standard InChI is InChI=1S/C16H27N5O2.2ClH/c1-12(2)15(17)16(23)18-10-14(22)20-8-4-13(5-9-20)11-21-7-3-6-19-21;;/h3,6-7,12-13,15H,4-5,8-11,17H2,1-2H3,(H,18,23);2*1H/t15-;;/m0../s1. The predicted molar refractivity (Wildman–Crippen MR) is 102 cm³/mol. The van der Waals surface area contributed by atoms with Gasteiger partial charge in [0.25, 0.3) is 0 Å². The first-order valence-corrected chi connectivity index (χ1v) is 8.26. The lowest BCUT2D eigenvalue weighted by molar-refractivity contribution is -0.134. The molecule has 25 heavy (non-hydrogen) atoms. The van der Waals surface area contributed by atoms with E-state index in [-0.39, 0.29) is 49.1 Å². The molecule has 1 aliphatic heterocycles. The number of carbonyl (C=O) groups is 2. The number of carbonyl (C=O) groups excluding carboxylic acids is 2. The van der Waals surface area contributed by atoms with Gasteiger partial charge in [0.05, 0.1) is 12.6 Å². The average Bonchev–Trinajstić information content (AvgIpc) is 3.05. The lowest BCUT2D eigenvalue weighted by atomic mass is 9.97. The number of amides is 2. The molecule has 1 aromatic rings. The monoisotopic (exact) mass is 393 g/mol. The van der Waals surface area contributed by atoms with Gasteiger partial charge in [-0.05, 0) is 30.7 Å². The zero-order chi connectivity index (χ0) is 16.8. The molecule has 0 bridgehead atoms. The third-order valence-electron chi connectivity index (χ3n) is 4.41. The van der Waals surface area contributed by atoms with Crippen LogP contribution in [0.3, 0.4) is 0 Å². The quantitative estimate of drug-likeness (QED) is 0.755. The van der Waals surface area contributed by atoms with Crippen molar-refractivity contribution in [1.82, 2.24) is 20.0 Å². The number of aromatic nitrogens is 2. The van der Waals surface area contributed by atoms with E-state index in [9.17, 15) is 9.59 Å². The SMILES string of the molecule is CC(C)[C@H](N)C(=O)NCC(=O)N1CCC(Cn2cccn2)CC1.Cl.Cl. The Kier molecular flexibility index (Phi) is 10.7. The van der Waals surface area contributed by atoms with Crippen molar-refractivity contribution in [3.05, 3.63) is 18.5 Å². The molecule has 1 aliphatic rings. The van der Waals surface area contributed by atoms with E-state index in [1.54, 1.807) is 6.20 Å². The zero-order valence-corrected chi connectivity index (χ0v) is 16.4. The summed E-state index contributed by atoms with van der Waals surface area (Å²) in [5.74, 6) is 0.305. The minimum atomic E-state index is -0.567. The number of nitrogens with zero attached hydrogens (tertiary/aromatic N) is 3. The highest BCUT2D eigenvalue weighted by atomic mass is 35.5. The molecule has 1 atom stereocenters. The topological polar surface area (TPSA) is 93.2 Å². The predicted octanol–water partition coefficient (Wildman–Crippen LogP) is 1.06. The molecule has 1 saturated heterocycles. The van der Waals surface area contributed by atoms with Crippen LogP contribution in [0.4, 0.5) is 0 Å². The van der Waals surface area contributed by atoms with E-state index >= 15 is 0 Å². The summed E-state index contributed by atoms with van der Waals surface area (Å²) in [7, 11) is 0. The normalized spacial score (nSPS) is 15.9. The van der Waals surface area contributed by atoms with Gasteiger partial charge in [0, 0.05) is 32.0 Å². The summed E-state index contributed by atoms with van der Waals surface area (Å²) in [5, 5.41) is 6.86. The highest BCUT2D eigenvalue weighted by Crippen LogP contribution is 2.18. The van der Waals surface area contributed by atoms with Gasteiger partial charge in [-0.3, -0.25) is 14.3 Å². The molecule has 0 aromatic carbocycles. The Balaban J connectivity index is 0.00000288. The fourth-order valence-electron chi connectivity index (χ4n) is 2.73. The van der Waals surface area contributed by atoms with Crippen molar-refractivity contribution in [2.75, 3.05) is 19.6 Å². The summed E-state index contributed by atoms with van der Waals surface area (Å²) in [4.78, 5) is 25.8. The fourth-order valence-corrected chi connectivity index (χ4v) is 2.73. The van der Waals surface area contributed by atoms with Crippen molar-refractivity contribution in [3.63, 3.8) is 0 Å². The number of likely N-dealkylation sites (tertiary alicyclic amines) is 1. The summed E-state index contributed by atoms with van der Waals surface area (Å²) < 4.78 is 1.94. The van der Waals surface area contributed by atoms with Crippen LogP contribution >= 0.6 is 24.8 Å². The van der Waals surface area contributed by atoms with E-state index < -0.39 is 6.04 Å². The highest BCUT2D eigenvalue weighted by Gasteiger charge is 2.24. The Morgan fingerprint density at radius 2 is 1.92 bits per heavy atom. The number of nitrogens with one attached hydrogen (secondary N) is 1. The third kappa shape index (κ3) is 7.22. The van der Waals surface area contributed by atoms with Gasteiger partial charge in [-0.15, -0.1) is 24.8 Å². The number of hydrogen-bond donors (Lipinski definition) is 2. The maximum Gasteiger partial charge on any atom is 0.241 e. The van der Waals surface area contributed by atoms with Crippen molar-refractivity contribution < 1.29 is 9.59 Å². The van der Waals surface area contributed by atoms with E-state index in [1.165, 1.54) is 0 Å². The molecule has 0 unspecified atom stereocenters. The smallest absolute Gasteiger partial charge is 0.241 e. The van der Waals surface area contributed by atoms with E-state index in [0.29, 0.717) is 5.92 Å². The van der Waals surface area contributed by atoms with Crippen molar-refractivity contribution in [2.45, 2.75) is 39.3 Å². The van der Waals surface area contributed by atoms with Gasteiger partial charge in [0.2, 0.25) is 11.8 Å². The lowest BCUT2D eigenvalue weighted by Gasteiger charge is -2.32. The molecule has 2 rings (SSSR count). The summed E-state index contributed by atoms with van der Waals surface area (Å²) >= 11 is 0. The number of hydrogen-bond acceptors (Lipinski definition) is 4. The van der Waals surface area contributed by atoms with Crippen LogP contribution in [0.1, 0.15) is 26.7 Å². The van der Waals surface area contributed by atoms with Crippen LogP contribution in [0, 0.1) is 11.8 Å². The number of nitrogens with two attached hydrogens (primary N) is 1. The lowest BCUT2D eigenvalue weighted by Crippen LogP contribution is -2.49. The summed E-state index contributed by atoms with van der Waals surface area (Å²) in [6.07, 6.45) is 5.67. The summed E-state index contributed by atoms with van der Waals surface area (Å²) in [5.41, 5.74) is 5.76. The average molecular weight is 394 g/mol. The fraction of sp³-hybridized carbons (Fsp3) is 0.688. The molecule has 1 fully saturated rings. The maximum atomic E-state index is 12.2. The molecule has 9 heteroatoms. The molecule has 0 aliphatic carbocycles. The van der Waals surface area contributed by atoms with E-state index in [1.807, 2.05) is 35.7 Å². The molecule has 7 nitrogen and oxygen atoms in total. The molecule has 2 amide bonds. The first kappa shape index (κ1) is 23.7. The summed E-state index contributed by atoms with van der Waals surface area (Å²) in [6, 6.07) is 1.35. The maximum absolute atomic E-state index is 12.2. The van der Waals surface area contributed by atoms with Gasteiger partial charge in [0.15, 0.2) is 0 Å². The van der Waals surface area contributed by atoms with Crippen molar-refractivity contribution in [2.24, 2.45) is 17.6 Å². The van der Waals surface area contributed by atoms with Crippen LogP contribution in [0.5, 0.6) is 0 Å². The molecule has 3 N–H and O–H groups in total. The Morgan fingerprint density at radius 3 is 2.44 bits per heavy atom. The number of rotatable bonds is 6. The molecular formula is C16H29Cl2N5O2. The minimum absolute atomic E-state index is 0. The van der Waals surface area contributed by atoms with Crippen LogP contribution in [-0.4, -0.2) is 52.2 Å². The number of piperidine rings is 1. The van der Waals surface area contributed by atoms with Gasteiger partial charge < -0.3 is 16.0 Å². The van der Waals surface area contributed by atoms with Crippen LogP contribution in [-0.2, 0) is 16.1 Å². The zero-order valence-electron chi connectivity index (χ0n) is 14.8. The van der Waals surface area contributed by atoms with Gasteiger partial charge >= 0.3 is 0 Å². The van der Waals surface area contributed by atoms with Crippen LogP contribution in [0.2, 0.25) is 0 Å². The van der Waals surface area contributed by atoms with Gasteiger partial charge in [-0.25, -0.2) is 0 Å². The van der Waals surface area contributed by atoms with E-state index in [0.717, 1.165) is 32.5 Å². The minimum Gasteiger partial charge on any atom is -0.346 e. The van der Waals surface area contributed by atoms with Crippen LogP contribution < -0.4 is 11.1 Å². The first-order valence-electron chi connectivity index (χ1n) is 8.26. The molecule has 0 spiro atoms. The summed E-state index contributed by atoms with van der Waals surface area (Å²) in [6.45, 7) is 6.17. The second kappa shape index (κ2) is 11.3. The van der Waals surface area contributed by atoms with Gasteiger partial charge in [0.1, 0.15) is 0 Å². The Bertz CT molecular complexity index is 517. The third-order valence-corrected chi connectivity index (χ3v) is 4.41. The first-order chi connectivity index (χ1) is 11.0. The van der Waals surface area contributed by atoms with E-state index in [2.05, 4.69) is 10.4 Å². The second-order valence-corrected chi connectivity index (χ2v) is 6.54. The molecule has 1 aromatic heterocycles. The molecular weight excluding hydrogens is 365 g/mol. The second-order valence-electron chi connectivity index (χ2n) is 6.54. The van der Waals surface area contributed by atoms with Crippen LogP contribution in [0.25, 0.3) is 0 Å². The van der Waals surface area contributed by atoms with E-state index in [4.69, 9.17) is 5.73 Å². The molecule has 0 saturated carbocycles. The van der Waals surface area contributed by atoms with Crippen molar-refractivity contribution in [1.29, 1.82) is 0 Å². The largest absolute Gasteiger partial charge is 0.346 e. The van der Waals surface area contributed by atoms with Crippen molar-refractivity contribution >= 4 is 36.6 Å². The Morgan fingerprint density at radius 1 is 1.28 bits per heavy atom. The highest BCUT2D eigenvalue weighted by molar-refractivity contribution is 5.87. The molecule has 2 heterocycles. The Labute approximate surface area is 161 Å². The number of halogens is 2. The van der Waals surface area contributed by atoms with Gasteiger partial charge in [-0.1, -0.05) is 13.8 Å². The molecule has 0 radical (unpaired) electrons.